The number of unbranched alkanes of at least 4 members (excludes halogenated alkanes) is 1. The number of nitrogens with zero attached hydrogens (tertiary/aromatic N) is 2. The van der Waals surface area contributed by atoms with E-state index in [-0.39, 0.29) is 6.61 Å². The summed E-state index contributed by atoms with van der Waals surface area (Å²) in [6, 6.07) is 3.70. The van der Waals surface area contributed by atoms with Crippen LogP contribution in [0, 0.1) is 0 Å². The Morgan fingerprint density at radius 3 is 2.69 bits per heavy atom. The predicted molar refractivity (Wildman–Crippen MR) is 68.0 cm³/mol. The average molecular weight is 243 g/mol. The van der Waals surface area contributed by atoms with Gasteiger partial charge < -0.3 is 10.0 Å². The molecule has 1 aromatic rings. The Bertz CT molecular complexity index is 331. The number of hydrogen-bond acceptors (Lipinski definition) is 3. The summed E-state index contributed by atoms with van der Waals surface area (Å²) >= 11 is 5.91. The molecule has 0 aliphatic rings. The van der Waals surface area contributed by atoms with Gasteiger partial charge >= 0.3 is 0 Å². The largest absolute Gasteiger partial charge is 0.390 e. The molecule has 4 heteroatoms. The van der Waals surface area contributed by atoms with E-state index in [0.717, 1.165) is 31.7 Å². The van der Waals surface area contributed by atoms with Gasteiger partial charge in [0.05, 0.1) is 17.3 Å². The molecule has 1 heterocycles. The Balaban J connectivity index is 2.83. The second-order valence-corrected chi connectivity index (χ2v) is 4.10. The van der Waals surface area contributed by atoms with Crippen LogP contribution in [-0.4, -0.2) is 23.2 Å². The first-order valence-electron chi connectivity index (χ1n) is 5.74. The number of anilines is 1. The molecule has 90 valence electrons. The maximum absolute atomic E-state index is 9.11. The number of hydrogen-bond donors (Lipinski definition) is 1. The second kappa shape index (κ2) is 6.71. The highest BCUT2D eigenvalue weighted by Crippen LogP contribution is 2.19. The van der Waals surface area contributed by atoms with Crippen molar-refractivity contribution in [3.05, 3.63) is 22.8 Å². The second-order valence-electron chi connectivity index (χ2n) is 3.69. The van der Waals surface area contributed by atoms with Gasteiger partial charge in [0, 0.05) is 13.1 Å². The van der Waals surface area contributed by atoms with Crippen LogP contribution in [0.2, 0.25) is 5.02 Å². The highest BCUT2D eigenvalue weighted by atomic mass is 35.5. The van der Waals surface area contributed by atoms with Crippen molar-refractivity contribution in [1.82, 2.24) is 4.98 Å². The first-order chi connectivity index (χ1) is 7.72. The lowest BCUT2D eigenvalue weighted by Gasteiger charge is -2.22. The SMILES string of the molecule is CCCCN(CC)c1ccc(Cl)c(CO)n1. The van der Waals surface area contributed by atoms with Gasteiger partial charge in [-0.25, -0.2) is 4.98 Å². The van der Waals surface area contributed by atoms with Crippen molar-refractivity contribution in [3.8, 4) is 0 Å². The van der Waals surface area contributed by atoms with Crippen LogP contribution in [0.15, 0.2) is 12.1 Å². The summed E-state index contributed by atoms with van der Waals surface area (Å²) in [4.78, 5) is 6.55. The van der Waals surface area contributed by atoms with Crippen LogP contribution >= 0.6 is 11.6 Å². The summed E-state index contributed by atoms with van der Waals surface area (Å²) in [6.45, 7) is 6.07. The lowest BCUT2D eigenvalue weighted by Crippen LogP contribution is -2.25. The van der Waals surface area contributed by atoms with Gasteiger partial charge in [-0.05, 0) is 25.5 Å². The number of aliphatic hydroxyl groups is 1. The molecule has 0 bridgehead atoms. The molecule has 0 atom stereocenters. The number of aliphatic hydroxyl groups excluding tert-OH is 1. The Morgan fingerprint density at radius 2 is 2.12 bits per heavy atom. The van der Waals surface area contributed by atoms with Gasteiger partial charge in [-0.3, -0.25) is 0 Å². The highest BCUT2D eigenvalue weighted by molar-refractivity contribution is 6.31. The molecule has 0 aliphatic carbocycles. The first-order valence-corrected chi connectivity index (χ1v) is 6.11. The van der Waals surface area contributed by atoms with Crippen molar-refractivity contribution in [2.45, 2.75) is 33.3 Å². The van der Waals surface area contributed by atoms with E-state index in [0.29, 0.717) is 10.7 Å². The van der Waals surface area contributed by atoms with E-state index in [1.54, 1.807) is 6.07 Å². The molecule has 0 aliphatic heterocycles. The van der Waals surface area contributed by atoms with Gasteiger partial charge in [-0.2, -0.15) is 0 Å². The maximum Gasteiger partial charge on any atom is 0.129 e. The number of rotatable bonds is 6. The standard InChI is InChI=1S/C12H19ClN2O/c1-3-5-8-15(4-2)12-7-6-10(13)11(9-16)14-12/h6-7,16H,3-5,8-9H2,1-2H3. The van der Waals surface area contributed by atoms with E-state index in [1.807, 2.05) is 6.07 Å². The minimum atomic E-state index is -0.113. The van der Waals surface area contributed by atoms with E-state index in [1.165, 1.54) is 0 Å². The third kappa shape index (κ3) is 3.35. The van der Waals surface area contributed by atoms with E-state index < -0.39 is 0 Å². The van der Waals surface area contributed by atoms with Crippen molar-refractivity contribution in [2.24, 2.45) is 0 Å². The zero-order chi connectivity index (χ0) is 12.0. The van der Waals surface area contributed by atoms with Gasteiger partial charge in [0.1, 0.15) is 5.82 Å². The normalized spacial score (nSPS) is 10.5. The van der Waals surface area contributed by atoms with Crippen LogP contribution in [0.4, 0.5) is 5.82 Å². The molecule has 0 spiro atoms. The van der Waals surface area contributed by atoms with Gasteiger partial charge in [0.15, 0.2) is 0 Å². The average Bonchev–Trinajstić information content (AvgIpc) is 2.32. The zero-order valence-corrected chi connectivity index (χ0v) is 10.7. The first kappa shape index (κ1) is 13.3. The molecular formula is C12H19ClN2O. The molecule has 0 amide bonds. The van der Waals surface area contributed by atoms with Crippen LogP contribution in [0.1, 0.15) is 32.4 Å². The van der Waals surface area contributed by atoms with Gasteiger partial charge in [-0.1, -0.05) is 24.9 Å². The van der Waals surface area contributed by atoms with Crippen molar-refractivity contribution < 1.29 is 5.11 Å². The maximum atomic E-state index is 9.11. The molecule has 1 rings (SSSR count). The van der Waals surface area contributed by atoms with Crippen LogP contribution in [0.3, 0.4) is 0 Å². The fourth-order valence-corrected chi connectivity index (χ4v) is 1.71. The summed E-state index contributed by atoms with van der Waals surface area (Å²) in [6.07, 6.45) is 2.31. The molecule has 0 aromatic carbocycles. The van der Waals surface area contributed by atoms with Crippen molar-refractivity contribution in [3.63, 3.8) is 0 Å². The quantitative estimate of drug-likeness (QED) is 0.834. The van der Waals surface area contributed by atoms with E-state index in [4.69, 9.17) is 16.7 Å². The topological polar surface area (TPSA) is 36.4 Å². The number of aromatic nitrogens is 1. The monoisotopic (exact) mass is 242 g/mol. The Kier molecular flexibility index (Phi) is 5.56. The van der Waals surface area contributed by atoms with Gasteiger partial charge in [-0.15, -0.1) is 0 Å². The Labute approximate surface area is 102 Å². The zero-order valence-electron chi connectivity index (χ0n) is 9.91. The smallest absolute Gasteiger partial charge is 0.129 e. The third-order valence-corrected chi connectivity index (χ3v) is 2.89. The van der Waals surface area contributed by atoms with Crippen molar-refractivity contribution in [2.75, 3.05) is 18.0 Å². The molecule has 0 unspecified atom stereocenters. The van der Waals surface area contributed by atoms with Gasteiger partial charge in [0.25, 0.3) is 0 Å². The number of pyridine rings is 1. The lowest BCUT2D eigenvalue weighted by molar-refractivity contribution is 0.277. The van der Waals surface area contributed by atoms with Gasteiger partial charge in [0.2, 0.25) is 0 Å². The van der Waals surface area contributed by atoms with Crippen LogP contribution in [0.25, 0.3) is 0 Å². The molecular weight excluding hydrogens is 224 g/mol. The van der Waals surface area contributed by atoms with Crippen LogP contribution in [0.5, 0.6) is 0 Å². The van der Waals surface area contributed by atoms with Crippen molar-refractivity contribution in [1.29, 1.82) is 0 Å². The summed E-state index contributed by atoms with van der Waals surface area (Å²) < 4.78 is 0. The molecule has 1 N–H and O–H groups in total. The minimum Gasteiger partial charge on any atom is -0.390 e. The van der Waals surface area contributed by atoms with E-state index in [2.05, 4.69) is 23.7 Å². The third-order valence-electron chi connectivity index (χ3n) is 2.54. The summed E-state index contributed by atoms with van der Waals surface area (Å²) in [7, 11) is 0. The lowest BCUT2D eigenvalue weighted by atomic mass is 10.3. The fraction of sp³-hybridized carbons (Fsp3) is 0.583. The van der Waals surface area contributed by atoms with Crippen molar-refractivity contribution >= 4 is 17.4 Å². The van der Waals surface area contributed by atoms with Crippen LogP contribution < -0.4 is 4.90 Å². The molecule has 0 radical (unpaired) electrons. The molecule has 0 fully saturated rings. The Morgan fingerprint density at radius 1 is 1.38 bits per heavy atom. The summed E-state index contributed by atoms with van der Waals surface area (Å²) in [5.41, 5.74) is 0.550. The summed E-state index contributed by atoms with van der Waals surface area (Å²) in [5.74, 6) is 0.893. The molecule has 0 saturated heterocycles. The number of halogens is 1. The van der Waals surface area contributed by atoms with E-state index in [9.17, 15) is 0 Å². The fourth-order valence-electron chi connectivity index (χ4n) is 1.54. The molecule has 3 nitrogen and oxygen atoms in total. The van der Waals surface area contributed by atoms with Crippen LogP contribution in [-0.2, 0) is 6.61 Å². The molecule has 0 saturated carbocycles. The van der Waals surface area contributed by atoms with E-state index >= 15 is 0 Å². The predicted octanol–water partition coefficient (Wildman–Crippen LogP) is 2.85. The molecule has 16 heavy (non-hydrogen) atoms. The summed E-state index contributed by atoms with van der Waals surface area (Å²) in [5, 5.41) is 9.63. The molecule has 1 aromatic heterocycles. The Hall–Kier alpha value is -0.800. The highest BCUT2D eigenvalue weighted by Gasteiger charge is 2.08. The minimum absolute atomic E-state index is 0.113.